The van der Waals surface area contributed by atoms with Gasteiger partial charge in [-0.05, 0) is 29.8 Å². The van der Waals surface area contributed by atoms with Crippen molar-refractivity contribution in [2.24, 2.45) is 5.10 Å². The van der Waals surface area contributed by atoms with Gasteiger partial charge in [0.1, 0.15) is 11.5 Å². The molecule has 2 rings (SSSR count). The Morgan fingerprint density at radius 3 is 2.91 bits per heavy atom. The number of nitrogens with two attached hydrogens (primary N) is 1. The molecule has 4 N–H and O–H groups in total. The number of hydrogen-bond acceptors (Lipinski definition) is 5. The Morgan fingerprint density at radius 1 is 1.36 bits per heavy atom. The fourth-order valence-electron chi connectivity index (χ4n) is 1.91. The van der Waals surface area contributed by atoms with Crippen LogP contribution in [0, 0.1) is 0 Å². The molecule has 0 radical (unpaired) electrons. The average Bonchev–Trinajstić information content (AvgIpc) is 2.48. The van der Waals surface area contributed by atoms with Crippen molar-refractivity contribution >= 4 is 17.8 Å². The lowest BCUT2D eigenvalue weighted by Gasteiger charge is -2.05. The van der Waals surface area contributed by atoms with Gasteiger partial charge in [0.15, 0.2) is 0 Å². The van der Waals surface area contributed by atoms with E-state index in [0.29, 0.717) is 17.0 Å². The molecule has 0 aliphatic carbocycles. The second-order valence-electron chi connectivity index (χ2n) is 4.64. The Bertz CT molecular complexity index is 699. The first-order valence-corrected chi connectivity index (χ1v) is 6.62. The molecule has 0 aliphatic heterocycles. The lowest BCUT2D eigenvalue weighted by atomic mass is 10.1. The van der Waals surface area contributed by atoms with Gasteiger partial charge in [-0.3, -0.25) is 4.79 Å². The van der Waals surface area contributed by atoms with Gasteiger partial charge < -0.3 is 15.6 Å². The monoisotopic (exact) mass is 299 g/mol. The summed E-state index contributed by atoms with van der Waals surface area (Å²) in [5.41, 5.74) is 10.2. The van der Waals surface area contributed by atoms with Gasteiger partial charge in [0.05, 0.1) is 19.7 Å². The molecule has 0 unspecified atom stereocenters. The number of methoxy groups -OCH3 is 1. The summed E-state index contributed by atoms with van der Waals surface area (Å²) in [5.74, 6) is 0.313. The van der Waals surface area contributed by atoms with Crippen LogP contribution in [0.1, 0.15) is 11.1 Å². The number of hydrogen-bond donors (Lipinski definition) is 3. The van der Waals surface area contributed by atoms with Crippen LogP contribution in [0.25, 0.3) is 0 Å². The van der Waals surface area contributed by atoms with E-state index in [1.54, 1.807) is 24.3 Å². The van der Waals surface area contributed by atoms with Crippen molar-refractivity contribution in [3.63, 3.8) is 0 Å². The number of benzene rings is 2. The van der Waals surface area contributed by atoms with Crippen LogP contribution in [0.4, 0.5) is 5.69 Å². The maximum atomic E-state index is 11.8. The summed E-state index contributed by atoms with van der Waals surface area (Å²) >= 11 is 0. The van der Waals surface area contributed by atoms with Crippen LogP contribution in [0.5, 0.6) is 11.5 Å². The van der Waals surface area contributed by atoms with E-state index in [9.17, 15) is 9.90 Å². The SMILES string of the molecule is COc1cc(O)ccc1C=NNC(=O)Cc1cccc(N)c1. The highest BCUT2D eigenvalue weighted by atomic mass is 16.5. The summed E-state index contributed by atoms with van der Waals surface area (Å²) < 4.78 is 5.11. The average molecular weight is 299 g/mol. The van der Waals surface area contributed by atoms with E-state index in [2.05, 4.69) is 10.5 Å². The lowest BCUT2D eigenvalue weighted by Crippen LogP contribution is -2.19. The maximum absolute atomic E-state index is 11.8. The minimum atomic E-state index is -0.250. The highest BCUT2D eigenvalue weighted by molar-refractivity contribution is 5.86. The Kier molecular flexibility index (Phi) is 4.98. The summed E-state index contributed by atoms with van der Waals surface area (Å²) in [6, 6.07) is 11.7. The van der Waals surface area contributed by atoms with Crippen molar-refractivity contribution in [2.75, 3.05) is 12.8 Å². The van der Waals surface area contributed by atoms with E-state index < -0.39 is 0 Å². The molecule has 0 saturated heterocycles. The molecule has 0 saturated carbocycles. The molecule has 6 nitrogen and oxygen atoms in total. The second kappa shape index (κ2) is 7.12. The predicted molar refractivity (Wildman–Crippen MR) is 85.0 cm³/mol. The number of rotatable bonds is 5. The normalized spacial score (nSPS) is 10.6. The van der Waals surface area contributed by atoms with Gasteiger partial charge in [-0.15, -0.1) is 0 Å². The Balaban J connectivity index is 1.96. The van der Waals surface area contributed by atoms with Gasteiger partial charge in [-0.25, -0.2) is 5.43 Å². The summed E-state index contributed by atoms with van der Waals surface area (Å²) in [6.45, 7) is 0. The molecule has 0 fully saturated rings. The topological polar surface area (TPSA) is 96.9 Å². The number of nitrogens with one attached hydrogen (secondary N) is 1. The predicted octanol–water partition coefficient (Wildman–Crippen LogP) is 1.68. The molecular formula is C16H17N3O3. The number of nitrogens with zero attached hydrogens (tertiary/aromatic N) is 1. The number of nitrogen functional groups attached to an aromatic ring is 1. The fraction of sp³-hybridized carbons (Fsp3) is 0.125. The Morgan fingerprint density at radius 2 is 2.18 bits per heavy atom. The quantitative estimate of drug-likeness (QED) is 0.444. The molecule has 1 amide bonds. The third-order valence-electron chi connectivity index (χ3n) is 2.93. The van der Waals surface area contributed by atoms with Crippen molar-refractivity contribution in [1.82, 2.24) is 5.43 Å². The van der Waals surface area contributed by atoms with Crippen molar-refractivity contribution in [2.45, 2.75) is 6.42 Å². The summed E-state index contributed by atoms with van der Waals surface area (Å²) in [4.78, 5) is 11.8. The van der Waals surface area contributed by atoms with E-state index in [1.165, 1.54) is 25.5 Å². The number of amides is 1. The van der Waals surface area contributed by atoms with Crippen LogP contribution in [0.15, 0.2) is 47.6 Å². The van der Waals surface area contributed by atoms with E-state index >= 15 is 0 Å². The number of carbonyl (C=O) groups excluding carboxylic acids is 1. The number of hydrazone groups is 1. The molecule has 0 heterocycles. The number of aromatic hydroxyl groups is 1. The molecule has 114 valence electrons. The van der Waals surface area contributed by atoms with E-state index in [-0.39, 0.29) is 18.1 Å². The third kappa shape index (κ3) is 4.24. The van der Waals surface area contributed by atoms with Gasteiger partial charge in [-0.2, -0.15) is 5.10 Å². The van der Waals surface area contributed by atoms with Crippen molar-refractivity contribution < 1.29 is 14.6 Å². The van der Waals surface area contributed by atoms with E-state index in [0.717, 1.165) is 5.56 Å². The zero-order chi connectivity index (χ0) is 15.9. The molecule has 22 heavy (non-hydrogen) atoms. The van der Waals surface area contributed by atoms with Crippen LogP contribution >= 0.6 is 0 Å². The molecule has 6 heteroatoms. The first-order valence-electron chi connectivity index (χ1n) is 6.62. The number of anilines is 1. The second-order valence-corrected chi connectivity index (χ2v) is 4.64. The zero-order valence-corrected chi connectivity index (χ0v) is 12.1. The van der Waals surface area contributed by atoms with E-state index in [4.69, 9.17) is 10.5 Å². The molecule has 2 aromatic carbocycles. The standard InChI is InChI=1S/C16H17N3O3/c1-22-15-9-14(20)6-5-12(15)10-18-19-16(21)8-11-3-2-4-13(17)7-11/h2-7,9-10,20H,8,17H2,1H3,(H,19,21). The lowest BCUT2D eigenvalue weighted by molar-refractivity contribution is -0.120. The zero-order valence-electron chi connectivity index (χ0n) is 12.1. The van der Waals surface area contributed by atoms with E-state index in [1.807, 2.05) is 6.07 Å². The molecule has 0 spiro atoms. The van der Waals surface area contributed by atoms with Gasteiger partial charge in [0.2, 0.25) is 5.91 Å². The minimum Gasteiger partial charge on any atom is -0.508 e. The maximum Gasteiger partial charge on any atom is 0.244 e. The molecule has 0 aromatic heterocycles. The van der Waals surface area contributed by atoms with Crippen LogP contribution < -0.4 is 15.9 Å². The first kappa shape index (κ1) is 15.4. The first-order chi connectivity index (χ1) is 10.6. The van der Waals surface area contributed by atoms with Crippen LogP contribution in [-0.4, -0.2) is 24.3 Å². The summed E-state index contributed by atoms with van der Waals surface area (Å²) in [5, 5.41) is 13.2. The molecule has 0 atom stereocenters. The number of phenols is 1. The van der Waals surface area contributed by atoms with Crippen molar-refractivity contribution in [1.29, 1.82) is 0 Å². The number of phenolic OH excluding ortho intramolecular Hbond substituents is 1. The Labute approximate surface area is 128 Å². The Hall–Kier alpha value is -3.02. The van der Waals surface area contributed by atoms with Gasteiger partial charge in [-0.1, -0.05) is 12.1 Å². The third-order valence-corrected chi connectivity index (χ3v) is 2.93. The molecule has 2 aromatic rings. The highest BCUT2D eigenvalue weighted by Gasteiger charge is 2.04. The van der Waals surface area contributed by atoms with Gasteiger partial charge in [0.25, 0.3) is 0 Å². The molecule has 0 aliphatic rings. The largest absolute Gasteiger partial charge is 0.508 e. The van der Waals surface area contributed by atoms with Crippen molar-refractivity contribution in [3.05, 3.63) is 53.6 Å². The highest BCUT2D eigenvalue weighted by Crippen LogP contribution is 2.22. The number of ether oxygens (including phenoxy) is 1. The van der Waals surface area contributed by atoms with Gasteiger partial charge in [0, 0.05) is 17.3 Å². The summed E-state index contributed by atoms with van der Waals surface area (Å²) in [7, 11) is 1.49. The summed E-state index contributed by atoms with van der Waals surface area (Å²) in [6.07, 6.45) is 1.64. The molecule has 0 bridgehead atoms. The number of carbonyl (C=O) groups is 1. The fourth-order valence-corrected chi connectivity index (χ4v) is 1.91. The van der Waals surface area contributed by atoms with Crippen molar-refractivity contribution in [3.8, 4) is 11.5 Å². The van der Waals surface area contributed by atoms with Gasteiger partial charge >= 0.3 is 0 Å². The smallest absolute Gasteiger partial charge is 0.244 e. The van der Waals surface area contributed by atoms with Crippen LogP contribution in [0.2, 0.25) is 0 Å². The van der Waals surface area contributed by atoms with Crippen LogP contribution in [0.3, 0.4) is 0 Å². The van der Waals surface area contributed by atoms with Crippen LogP contribution in [-0.2, 0) is 11.2 Å². The molecular weight excluding hydrogens is 282 g/mol. The minimum absolute atomic E-state index is 0.0969.